The van der Waals surface area contributed by atoms with Crippen molar-refractivity contribution in [3.8, 4) is 11.5 Å². The fraction of sp³-hybridized carbons (Fsp3) is 0.500. The predicted octanol–water partition coefficient (Wildman–Crippen LogP) is 0.215. The fourth-order valence-corrected chi connectivity index (χ4v) is 2.31. The van der Waals surface area contributed by atoms with Gasteiger partial charge in [-0.25, -0.2) is 0 Å². The Morgan fingerprint density at radius 1 is 1.50 bits per heavy atom. The summed E-state index contributed by atoms with van der Waals surface area (Å²) in [6, 6.07) is 3.85. The van der Waals surface area contributed by atoms with Crippen molar-refractivity contribution in [3.05, 3.63) is 23.8 Å². The normalized spacial score (nSPS) is 19.8. The molecule has 1 aromatic rings. The lowest BCUT2D eigenvalue weighted by Gasteiger charge is -2.26. The maximum Gasteiger partial charge on any atom is 0.239 e. The minimum atomic E-state index is -0.676. The van der Waals surface area contributed by atoms with Gasteiger partial charge in [-0.3, -0.25) is 4.79 Å². The van der Waals surface area contributed by atoms with Crippen LogP contribution in [0.5, 0.6) is 11.5 Å². The van der Waals surface area contributed by atoms with Crippen molar-refractivity contribution < 1.29 is 19.7 Å². The third-order valence-corrected chi connectivity index (χ3v) is 3.61. The number of benzene rings is 1. The molecule has 0 radical (unpaired) electrons. The van der Waals surface area contributed by atoms with Gasteiger partial charge >= 0.3 is 0 Å². The SMILES string of the molecule is CN(C(=O)[C@@H](N)Cc1ccc(O)c(O)c1)C1CCOC1. The first-order valence-corrected chi connectivity index (χ1v) is 6.60. The molecule has 0 aliphatic carbocycles. The summed E-state index contributed by atoms with van der Waals surface area (Å²) in [6.45, 7) is 1.22. The van der Waals surface area contributed by atoms with Crippen LogP contribution in [0, 0.1) is 0 Å². The van der Waals surface area contributed by atoms with Gasteiger partial charge < -0.3 is 25.6 Å². The lowest BCUT2D eigenvalue weighted by molar-refractivity contribution is -0.133. The molecule has 1 unspecified atom stereocenters. The van der Waals surface area contributed by atoms with E-state index >= 15 is 0 Å². The molecule has 1 amide bonds. The number of likely N-dealkylation sites (N-methyl/N-ethyl adjacent to an activating group) is 1. The third kappa shape index (κ3) is 3.20. The van der Waals surface area contributed by atoms with Gasteiger partial charge in [0.1, 0.15) is 0 Å². The van der Waals surface area contributed by atoms with Gasteiger partial charge in [-0.1, -0.05) is 6.07 Å². The molecule has 0 saturated carbocycles. The molecule has 1 aliphatic rings. The van der Waals surface area contributed by atoms with Gasteiger partial charge in [-0.05, 0) is 30.5 Å². The van der Waals surface area contributed by atoms with Crippen LogP contribution < -0.4 is 5.73 Å². The number of rotatable bonds is 4. The summed E-state index contributed by atoms with van der Waals surface area (Å²) in [5.41, 5.74) is 6.64. The van der Waals surface area contributed by atoms with Crippen LogP contribution in [-0.2, 0) is 16.0 Å². The van der Waals surface area contributed by atoms with E-state index in [-0.39, 0.29) is 23.4 Å². The number of carbonyl (C=O) groups excluding carboxylic acids is 1. The van der Waals surface area contributed by atoms with E-state index in [0.29, 0.717) is 25.2 Å². The van der Waals surface area contributed by atoms with E-state index in [1.807, 2.05) is 0 Å². The van der Waals surface area contributed by atoms with E-state index in [4.69, 9.17) is 10.5 Å². The molecule has 1 heterocycles. The van der Waals surface area contributed by atoms with Gasteiger partial charge in [0.25, 0.3) is 0 Å². The Labute approximate surface area is 117 Å². The molecule has 2 rings (SSSR count). The Bertz CT molecular complexity index is 486. The van der Waals surface area contributed by atoms with Crippen LogP contribution >= 0.6 is 0 Å². The Hall–Kier alpha value is -1.79. The summed E-state index contributed by atoms with van der Waals surface area (Å²) in [4.78, 5) is 13.9. The van der Waals surface area contributed by atoms with Crippen molar-refractivity contribution in [2.45, 2.75) is 24.9 Å². The van der Waals surface area contributed by atoms with E-state index in [9.17, 15) is 15.0 Å². The summed E-state index contributed by atoms with van der Waals surface area (Å²) in [6.07, 6.45) is 1.14. The Balaban J connectivity index is 1.97. The number of phenolic OH excluding ortho intramolecular Hbond substituents is 2. The average Bonchev–Trinajstić information content (AvgIpc) is 2.95. The second kappa shape index (κ2) is 6.11. The number of nitrogens with zero attached hydrogens (tertiary/aromatic N) is 1. The van der Waals surface area contributed by atoms with Crippen LogP contribution in [-0.4, -0.2) is 53.4 Å². The van der Waals surface area contributed by atoms with Gasteiger partial charge in [-0.15, -0.1) is 0 Å². The van der Waals surface area contributed by atoms with Crippen molar-refractivity contribution in [2.24, 2.45) is 5.73 Å². The standard InChI is InChI=1S/C14H20N2O4/c1-16(10-4-5-20-8-10)14(19)11(15)6-9-2-3-12(17)13(18)7-9/h2-3,7,10-11,17-18H,4-6,8,15H2,1H3/t10?,11-/m0/s1. The Kier molecular flexibility index (Phi) is 4.46. The van der Waals surface area contributed by atoms with Crippen molar-refractivity contribution in [1.82, 2.24) is 4.90 Å². The highest BCUT2D eigenvalue weighted by atomic mass is 16.5. The first-order chi connectivity index (χ1) is 9.49. The number of aromatic hydroxyl groups is 2. The number of phenols is 2. The van der Waals surface area contributed by atoms with Crippen molar-refractivity contribution in [3.63, 3.8) is 0 Å². The number of hydrogen-bond donors (Lipinski definition) is 3. The van der Waals surface area contributed by atoms with E-state index in [2.05, 4.69) is 0 Å². The van der Waals surface area contributed by atoms with E-state index in [0.717, 1.165) is 6.42 Å². The Morgan fingerprint density at radius 2 is 2.25 bits per heavy atom. The van der Waals surface area contributed by atoms with E-state index in [1.165, 1.54) is 12.1 Å². The summed E-state index contributed by atoms with van der Waals surface area (Å²) in [7, 11) is 1.73. The molecule has 6 nitrogen and oxygen atoms in total. The van der Waals surface area contributed by atoms with Gasteiger partial charge in [0.2, 0.25) is 5.91 Å². The second-order valence-electron chi connectivity index (χ2n) is 5.10. The largest absolute Gasteiger partial charge is 0.504 e. The molecule has 2 atom stereocenters. The smallest absolute Gasteiger partial charge is 0.239 e. The number of hydrogen-bond acceptors (Lipinski definition) is 5. The van der Waals surface area contributed by atoms with Crippen LogP contribution in [0.4, 0.5) is 0 Å². The topological polar surface area (TPSA) is 96.0 Å². The quantitative estimate of drug-likeness (QED) is 0.685. The van der Waals surface area contributed by atoms with Crippen molar-refractivity contribution in [2.75, 3.05) is 20.3 Å². The zero-order valence-electron chi connectivity index (χ0n) is 11.5. The number of amides is 1. The minimum absolute atomic E-state index is 0.0850. The molecule has 1 aromatic carbocycles. The van der Waals surface area contributed by atoms with Crippen molar-refractivity contribution >= 4 is 5.91 Å². The van der Waals surface area contributed by atoms with E-state index < -0.39 is 6.04 Å². The molecule has 1 aliphatic heterocycles. The highest BCUT2D eigenvalue weighted by Gasteiger charge is 2.27. The van der Waals surface area contributed by atoms with Gasteiger partial charge in [-0.2, -0.15) is 0 Å². The number of carbonyl (C=O) groups is 1. The van der Waals surface area contributed by atoms with Crippen molar-refractivity contribution in [1.29, 1.82) is 0 Å². The molecule has 6 heteroatoms. The molecule has 4 N–H and O–H groups in total. The highest BCUT2D eigenvalue weighted by Crippen LogP contribution is 2.25. The maximum absolute atomic E-state index is 12.2. The minimum Gasteiger partial charge on any atom is -0.504 e. The second-order valence-corrected chi connectivity index (χ2v) is 5.10. The zero-order chi connectivity index (χ0) is 14.7. The predicted molar refractivity (Wildman–Crippen MR) is 73.4 cm³/mol. The zero-order valence-corrected chi connectivity index (χ0v) is 11.5. The third-order valence-electron chi connectivity index (χ3n) is 3.61. The summed E-state index contributed by atoms with van der Waals surface area (Å²) >= 11 is 0. The van der Waals surface area contributed by atoms with Crippen LogP contribution in [0.1, 0.15) is 12.0 Å². The Morgan fingerprint density at radius 3 is 2.85 bits per heavy atom. The number of nitrogens with two attached hydrogens (primary N) is 1. The van der Waals surface area contributed by atoms with Crippen LogP contribution in [0.2, 0.25) is 0 Å². The summed E-state index contributed by atoms with van der Waals surface area (Å²) < 4.78 is 5.26. The molecule has 20 heavy (non-hydrogen) atoms. The monoisotopic (exact) mass is 280 g/mol. The molecule has 1 saturated heterocycles. The first-order valence-electron chi connectivity index (χ1n) is 6.60. The summed E-state index contributed by atoms with van der Waals surface area (Å²) in [5, 5.41) is 18.7. The van der Waals surface area contributed by atoms with E-state index in [1.54, 1.807) is 18.0 Å². The lowest BCUT2D eigenvalue weighted by Crippen LogP contribution is -2.47. The van der Waals surface area contributed by atoms with Gasteiger partial charge in [0, 0.05) is 13.7 Å². The van der Waals surface area contributed by atoms with Gasteiger partial charge in [0.15, 0.2) is 11.5 Å². The molecular formula is C14H20N2O4. The fourth-order valence-electron chi connectivity index (χ4n) is 2.31. The first kappa shape index (κ1) is 14.6. The molecule has 0 aromatic heterocycles. The average molecular weight is 280 g/mol. The molecule has 0 spiro atoms. The van der Waals surface area contributed by atoms with Crippen LogP contribution in [0.15, 0.2) is 18.2 Å². The highest BCUT2D eigenvalue weighted by molar-refractivity contribution is 5.82. The van der Waals surface area contributed by atoms with Gasteiger partial charge in [0.05, 0.1) is 18.7 Å². The molecule has 110 valence electrons. The van der Waals surface area contributed by atoms with Crippen LogP contribution in [0.3, 0.4) is 0 Å². The molecule has 1 fully saturated rings. The number of ether oxygens (including phenoxy) is 1. The summed E-state index contributed by atoms with van der Waals surface area (Å²) in [5.74, 6) is -0.540. The maximum atomic E-state index is 12.2. The lowest BCUT2D eigenvalue weighted by atomic mass is 10.0. The molecule has 0 bridgehead atoms. The molecular weight excluding hydrogens is 260 g/mol. The van der Waals surface area contributed by atoms with Crippen LogP contribution in [0.25, 0.3) is 0 Å².